The number of carbonyl (C=O) groups excluding carboxylic acids is 1. The van der Waals surface area contributed by atoms with Crippen LogP contribution in [-0.4, -0.2) is 47.9 Å². The Kier molecular flexibility index (Phi) is 4.86. The predicted molar refractivity (Wildman–Crippen MR) is 140 cm³/mol. The molecule has 1 saturated carbocycles. The molecule has 2 aromatic carbocycles. The number of nitrogens with one attached hydrogen (secondary N) is 1. The molecular formula is C29H36N4O. The van der Waals surface area contributed by atoms with Gasteiger partial charge in [0, 0.05) is 71.2 Å². The number of piperazine rings is 1. The second kappa shape index (κ2) is 7.61. The number of nitrogens with two attached hydrogens (primary N) is 1. The molecule has 0 amide bonds. The van der Waals surface area contributed by atoms with Crippen LogP contribution in [-0.2, 0) is 5.41 Å². The fourth-order valence-electron chi connectivity index (χ4n) is 6.32. The van der Waals surface area contributed by atoms with E-state index in [2.05, 4.69) is 54.6 Å². The lowest BCUT2D eigenvalue weighted by atomic mass is 9.70. The summed E-state index contributed by atoms with van der Waals surface area (Å²) < 4.78 is 0. The number of H-pyrrole nitrogens is 1. The Morgan fingerprint density at radius 1 is 1.06 bits per heavy atom. The quantitative estimate of drug-likeness (QED) is 0.517. The van der Waals surface area contributed by atoms with Crippen molar-refractivity contribution in [3.63, 3.8) is 0 Å². The number of nitrogens with zero attached hydrogens (tertiary/aromatic N) is 2. The largest absolute Gasteiger partial charge is 0.399 e. The van der Waals surface area contributed by atoms with Gasteiger partial charge in [-0.25, -0.2) is 0 Å². The first-order valence-corrected chi connectivity index (χ1v) is 12.9. The van der Waals surface area contributed by atoms with E-state index in [-0.39, 0.29) is 11.2 Å². The van der Waals surface area contributed by atoms with E-state index >= 15 is 0 Å². The lowest BCUT2D eigenvalue weighted by Gasteiger charge is -2.44. The summed E-state index contributed by atoms with van der Waals surface area (Å²) in [6.45, 7) is 13.3. The normalized spacial score (nSPS) is 20.5. The third-order valence-electron chi connectivity index (χ3n) is 8.63. The Hall–Kier alpha value is -2.79. The topological polar surface area (TPSA) is 65.4 Å². The van der Waals surface area contributed by atoms with Crippen molar-refractivity contribution in [3.8, 4) is 0 Å². The number of carbonyl (C=O) groups is 1. The third-order valence-corrected chi connectivity index (χ3v) is 8.63. The maximum Gasteiger partial charge on any atom is 0.195 e. The monoisotopic (exact) mass is 456 g/mol. The second-order valence-electron chi connectivity index (χ2n) is 11.4. The van der Waals surface area contributed by atoms with E-state index in [9.17, 15) is 4.79 Å². The van der Waals surface area contributed by atoms with Gasteiger partial charge in [0.1, 0.15) is 0 Å². The van der Waals surface area contributed by atoms with Crippen LogP contribution in [0.4, 0.5) is 11.4 Å². The zero-order valence-electron chi connectivity index (χ0n) is 20.9. The van der Waals surface area contributed by atoms with Gasteiger partial charge < -0.3 is 15.6 Å². The summed E-state index contributed by atoms with van der Waals surface area (Å²) in [7, 11) is 0. The van der Waals surface area contributed by atoms with E-state index in [1.807, 2.05) is 18.2 Å². The zero-order valence-corrected chi connectivity index (χ0v) is 20.9. The molecule has 3 N–H and O–H groups in total. The van der Waals surface area contributed by atoms with E-state index in [0.717, 1.165) is 65.5 Å². The molecule has 5 nitrogen and oxygen atoms in total. The van der Waals surface area contributed by atoms with Gasteiger partial charge in [-0.3, -0.25) is 9.69 Å². The molecule has 0 bridgehead atoms. The number of anilines is 2. The van der Waals surface area contributed by atoms with Crippen molar-refractivity contribution in [3.05, 3.63) is 58.3 Å². The Labute approximate surface area is 202 Å². The maximum atomic E-state index is 13.9. The molecule has 2 aliphatic carbocycles. The first-order chi connectivity index (χ1) is 16.3. The van der Waals surface area contributed by atoms with Crippen LogP contribution < -0.4 is 10.6 Å². The van der Waals surface area contributed by atoms with Crippen molar-refractivity contribution < 1.29 is 4.79 Å². The lowest BCUT2D eigenvalue weighted by molar-refractivity contribution is 0.103. The highest BCUT2D eigenvalue weighted by atomic mass is 16.1. The second-order valence-corrected chi connectivity index (χ2v) is 11.4. The number of benzene rings is 2. The molecule has 0 spiro atoms. The van der Waals surface area contributed by atoms with Crippen molar-refractivity contribution in [2.45, 2.75) is 64.3 Å². The number of nitrogen functional groups attached to an aromatic ring is 1. The van der Waals surface area contributed by atoms with Gasteiger partial charge in [0.25, 0.3) is 0 Å². The summed E-state index contributed by atoms with van der Waals surface area (Å²) in [6, 6.07) is 11.2. The average Bonchev–Trinajstić information content (AvgIpc) is 3.16. The molecule has 178 valence electrons. The number of hydrogen-bond acceptors (Lipinski definition) is 4. The van der Waals surface area contributed by atoms with Crippen LogP contribution >= 0.6 is 0 Å². The standard InChI is InChI=1S/C29H36N4O/c1-17(2)21-15-22-23(16-25(21)33-12-10-32(11-13-33)19-6-5-7-19)29(3,4)28-26(27(22)34)20-9-8-18(30)14-24(20)31-28/h8-9,14-17,19,31H,5-7,10-13,30H2,1-4H3. The van der Waals surface area contributed by atoms with Gasteiger partial charge in [-0.05, 0) is 54.2 Å². The predicted octanol–water partition coefficient (Wildman–Crippen LogP) is 5.42. The van der Waals surface area contributed by atoms with Crippen molar-refractivity contribution in [2.24, 2.45) is 0 Å². The average molecular weight is 457 g/mol. The molecule has 3 aliphatic rings. The van der Waals surface area contributed by atoms with Gasteiger partial charge in [0.2, 0.25) is 0 Å². The van der Waals surface area contributed by atoms with Gasteiger partial charge in [-0.15, -0.1) is 0 Å². The fraction of sp³-hybridized carbons (Fsp3) is 0.483. The first kappa shape index (κ1) is 21.7. The Morgan fingerprint density at radius 2 is 1.79 bits per heavy atom. The van der Waals surface area contributed by atoms with E-state index in [1.54, 1.807) is 0 Å². The van der Waals surface area contributed by atoms with Crippen LogP contribution in [0.25, 0.3) is 10.9 Å². The lowest BCUT2D eigenvalue weighted by Crippen LogP contribution is -2.52. The molecule has 1 saturated heterocycles. The van der Waals surface area contributed by atoms with Crippen LogP contribution in [0.15, 0.2) is 30.3 Å². The minimum Gasteiger partial charge on any atom is -0.399 e. The zero-order chi connectivity index (χ0) is 23.8. The SMILES string of the molecule is CC(C)c1cc2c(cc1N1CCN(C3CCC3)CC1)C(C)(C)c1[nH]c3cc(N)ccc3c1C2=O. The number of hydrogen-bond donors (Lipinski definition) is 2. The highest BCUT2D eigenvalue weighted by molar-refractivity contribution is 6.20. The number of ketones is 1. The molecule has 1 aromatic heterocycles. The molecule has 6 rings (SSSR count). The third kappa shape index (κ3) is 3.13. The van der Waals surface area contributed by atoms with Crippen molar-refractivity contribution in [2.75, 3.05) is 36.8 Å². The number of fused-ring (bicyclic) bond motifs is 4. The van der Waals surface area contributed by atoms with E-state index in [1.165, 1.54) is 30.5 Å². The summed E-state index contributed by atoms with van der Waals surface area (Å²) in [5.41, 5.74) is 13.8. The van der Waals surface area contributed by atoms with Gasteiger partial charge in [0.15, 0.2) is 5.78 Å². The summed E-state index contributed by atoms with van der Waals surface area (Å²) in [4.78, 5) is 22.7. The van der Waals surface area contributed by atoms with Gasteiger partial charge in [-0.2, -0.15) is 0 Å². The number of aromatic amines is 1. The Bertz CT molecular complexity index is 1290. The molecule has 1 aliphatic heterocycles. The van der Waals surface area contributed by atoms with Gasteiger partial charge in [0.05, 0.1) is 5.56 Å². The van der Waals surface area contributed by atoms with Crippen molar-refractivity contribution in [1.82, 2.24) is 9.88 Å². The molecule has 0 unspecified atom stereocenters. The highest BCUT2D eigenvalue weighted by Crippen LogP contribution is 2.46. The molecule has 2 fully saturated rings. The molecule has 0 atom stereocenters. The molecule has 2 heterocycles. The summed E-state index contributed by atoms with van der Waals surface area (Å²) >= 11 is 0. The molecule has 3 aromatic rings. The van der Waals surface area contributed by atoms with E-state index in [4.69, 9.17) is 5.73 Å². The van der Waals surface area contributed by atoms with E-state index in [0.29, 0.717) is 11.6 Å². The molecular weight excluding hydrogens is 420 g/mol. The smallest absolute Gasteiger partial charge is 0.195 e. The van der Waals surface area contributed by atoms with Crippen molar-refractivity contribution >= 4 is 28.1 Å². The Balaban J connectivity index is 1.44. The number of rotatable bonds is 3. The van der Waals surface area contributed by atoms with Crippen LogP contribution in [0, 0.1) is 0 Å². The fourth-order valence-corrected chi connectivity index (χ4v) is 6.32. The Morgan fingerprint density at radius 3 is 2.44 bits per heavy atom. The van der Waals surface area contributed by atoms with Gasteiger partial charge in [-0.1, -0.05) is 40.2 Å². The first-order valence-electron chi connectivity index (χ1n) is 12.9. The van der Waals surface area contributed by atoms with E-state index < -0.39 is 0 Å². The molecule has 0 radical (unpaired) electrons. The minimum absolute atomic E-state index is 0.128. The van der Waals surface area contributed by atoms with Crippen LogP contribution in [0.2, 0.25) is 0 Å². The number of aromatic nitrogens is 1. The van der Waals surface area contributed by atoms with Crippen molar-refractivity contribution in [1.29, 1.82) is 0 Å². The van der Waals surface area contributed by atoms with Crippen LogP contribution in [0.3, 0.4) is 0 Å². The summed E-state index contributed by atoms with van der Waals surface area (Å²) in [5.74, 6) is 0.480. The summed E-state index contributed by atoms with van der Waals surface area (Å²) in [6.07, 6.45) is 4.12. The summed E-state index contributed by atoms with van der Waals surface area (Å²) in [5, 5.41) is 0.968. The van der Waals surface area contributed by atoms with Crippen LogP contribution in [0.5, 0.6) is 0 Å². The van der Waals surface area contributed by atoms with Gasteiger partial charge >= 0.3 is 0 Å². The molecule has 5 heteroatoms. The molecule has 34 heavy (non-hydrogen) atoms. The maximum absolute atomic E-state index is 13.9. The highest BCUT2D eigenvalue weighted by Gasteiger charge is 2.41. The van der Waals surface area contributed by atoms with Crippen LogP contribution in [0.1, 0.15) is 85.6 Å². The minimum atomic E-state index is -0.301.